The second-order valence-corrected chi connectivity index (χ2v) is 3.91. The zero-order valence-electron chi connectivity index (χ0n) is 9.07. The molecule has 1 aromatic rings. The molecule has 84 valence electrons. The van der Waals surface area contributed by atoms with E-state index >= 15 is 0 Å². The summed E-state index contributed by atoms with van der Waals surface area (Å²) in [5.41, 5.74) is 0.993. The van der Waals surface area contributed by atoms with Crippen LogP contribution in [0.1, 0.15) is 31.5 Å². The molecule has 0 aromatic carbocycles. The highest BCUT2D eigenvalue weighted by molar-refractivity contribution is 5.02. The van der Waals surface area contributed by atoms with Crippen molar-refractivity contribution in [3.63, 3.8) is 0 Å². The number of nitrogens with zero attached hydrogens (tertiary/aromatic N) is 2. The van der Waals surface area contributed by atoms with E-state index in [2.05, 4.69) is 27.7 Å². The smallest absolute Gasteiger partial charge is 0.0997 e. The third-order valence-corrected chi connectivity index (χ3v) is 2.84. The average Bonchev–Trinajstić information content (AvgIpc) is 2.80. The summed E-state index contributed by atoms with van der Waals surface area (Å²) in [6.07, 6.45) is 4.14. The maximum Gasteiger partial charge on any atom is 0.0997 e. The van der Waals surface area contributed by atoms with Gasteiger partial charge in [0.15, 0.2) is 0 Å². The molecule has 5 nitrogen and oxygen atoms in total. The average molecular weight is 210 g/mol. The Bertz CT molecular complexity index is 269. The lowest BCUT2D eigenvalue weighted by Crippen LogP contribution is -2.33. The summed E-state index contributed by atoms with van der Waals surface area (Å²) in [6.45, 7) is 4.77. The summed E-state index contributed by atoms with van der Waals surface area (Å²) in [5, 5.41) is 14.1. The Morgan fingerprint density at radius 1 is 1.73 bits per heavy atom. The molecule has 0 radical (unpaired) electrons. The van der Waals surface area contributed by atoms with Crippen molar-refractivity contribution in [1.82, 2.24) is 20.7 Å². The highest BCUT2D eigenvalue weighted by atomic mass is 16.5. The number of nitrogens with one attached hydrogen (secondary N) is 2. The zero-order chi connectivity index (χ0) is 10.5. The molecule has 0 bridgehead atoms. The van der Waals surface area contributed by atoms with Crippen LogP contribution in [0.15, 0.2) is 6.20 Å². The lowest BCUT2D eigenvalue weighted by Gasteiger charge is -2.29. The third kappa shape index (κ3) is 2.54. The van der Waals surface area contributed by atoms with Gasteiger partial charge in [-0.1, -0.05) is 6.92 Å². The molecule has 2 unspecified atom stereocenters. The molecule has 1 aromatic heterocycles. The van der Waals surface area contributed by atoms with Crippen LogP contribution in [-0.4, -0.2) is 35.2 Å². The van der Waals surface area contributed by atoms with Gasteiger partial charge in [-0.2, -0.15) is 15.4 Å². The predicted molar refractivity (Wildman–Crippen MR) is 56.3 cm³/mol. The van der Waals surface area contributed by atoms with Gasteiger partial charge >= 0.3 is 0 Å². The summed E-state index contributed by atoms with van der Waals surface area (Å²) in [4.78, 5) is 0. The molecule has 1 aliphatic rings. The molecule has 1 saturated heterocycles. The number of aromatic nitrogens is 3. The first-order valence-electron chi connectivity index (χ1n) is 5.58. The molecule has 2 heterocycles. The van der Waals surface area contributed by atoms with Crippen LogP contribution in [0.25, 0.3) is 0 Å². The van der Waals surface area contributed by atoms with E-state index < -0.39 is 0 Å². The lowest BCUT2D eigenvalue weighted by molar-refractivity contribution is 0.0386. The van der Waals surface area contributed by atoms with Crippen molar-refractivity contribution in [1.29, 1.82) is 0 Å². The molecule has 1 aliphatic heterocycles. The minimum absolute atomic E-state index is 0.272. The van der Waals surface area contributed by atoms with E-state index in [-0.39, 0.29) is 6.04 Å². The van der Waals surface area contributed by atoms with Crippen LogP contribution in [0.4, 0.5) is 0 Å². The molecule has 2 N–H and O–H groups in total. The molecular formula is C10H18N4O. The van der Waals surface area contributed by atoms with E-state index in [4.69, 9.17) is 4.74 Å². The van der Waals surface area contributed by atoms with Crippen molar-refractivity contribution in [2.75, 3.05) is 19.8 Å². The van der Waals surface area contributed by atoms with Crippen molar-refractivity contribution < 1.29 is 4.74 Å². The number of hydrogen-bond acceptors (Lipinski definition) is 4. The minimum atomic E-state index is 0.272. The molecule has 2 rings (SSSR count). The van der Waals surface area contributed by atoms with Crippen LogP contribution >= 0.6 is 0 Å². The third-order valence-electron chi connectivity index (χ3n) is 2.84. The van der Waals surface area contributed by atoms with Crippen molar-refractivity contribution >= 4 is 0 Å². The second kappa shape index (κ2) is 5.23. The van der Waals surface area contributed by atoms with Crippen LogP contribution in [-0.2, 0) is 4.74 Å². The molecule has 2 atom stereocenters. The van der Waals surface area contributed by atoms with Gasteiger partial charge in [-0.15, -0.1) is 0 Å². The minimum Gasteiger partial charge on any atom is -0.381 e. The first-order chi connectivity index (χ1) is 7.42. The molecule has 0 spiro atoms. The summed E-state index contributed by atoms with van der Waals surface area (Å²) >= 11 is 0. The van der Waals surface area contributed by atoms with Gasteiger partial charge in [0.05, 0.1) is 24.5 Å². The molecule has 1 fully saturated rings. The highest BCUT2D eigenvalue weighted by Crippen LogP contribution is 2.26. The van der Waals surface area contributed by atoms with E-state index in [1.165, 1.54) is 6.42 Å². The van der Waals surface area contributed by atoms with E-state index in [0.717, 1.165) is 31.9 Å². The number of aromatic amines is 1. The van der Waals surface area contributed by atoms with Crippen LogP contribution in [0, 0.1) is 5.92 Å². The molecular weight excluding hydrogens is 192 g/mol. The molecule has 15 heavy (non-hydrogen) atoms. The van der Waals surface area contributed by atoms with E-state index in [1.54, 1.807) is 6.20 Å². The normalized spacial score (nSPS) is 23.9. The Morgan fingerprint density at radius 2 is 2.67 bits per heavy atom. The van der Waals surface area contributed by atoms with Crippen molar-refractivity contribution in [3.05, 3.63) is 11.9 Å². The fourth-order valence-electron chi connectivity index (χ4n) is 2.12. The van der Waals surface area contributed by atoms with Crippen LogP contribution < -0.4 is 5.32 Å². The lowest BCUT2D eigenvalue weighted by atomic mass is 9.92. The molecule has 5 heteroatoms. The Balaban J connectivity index is 2.04. The zero-order valence-corrected chi connectivity index (χ0v) is 9.07. The Hall–Kier alpha value is -0.940. The number of hydrogen-bond donors (Lipinski definition) is 2. The van der Waals surface area contributed by atoms with Crippen LogP contribution in [0.3, 0.4) is 0 Å². The standard InChI is InChI=1S/C10H18N4O/c1-2-11-10(9-6-12-14-13-9)8-4-3-5-15-7-8/h6,8,10-11H,2-5,7H2,1H3,(H,12,13,14). The van der Waals surface area contributed by atoms with Crippen LogP contribution in [0.2, 0.25) is 0 Å². The quantitative estimate of drug-likeness (QED) is 0.774. The van der Waals surface area contributed by atoms with Crippen LogP contribution in [0.5, 0.6) is 0 Å². The van der Waals surface area contributed by atoms with E-state index in [0.29, 0.717) is 5.92 Å². The topological polar surface area (TPSA) is 62.8 Å². The highest BCUT2D eigenvalue weighted by Gasteiger charge is 2.26. The van der Waals surface area contributed by atoms with Gasteiger partial charge in [0.1, 0.15) is 0 Å². The second-order valence-electron chi connectivity index (χ2n) is 3.91. The van der Waals surface area contributed by atoms with E-state index in [9.17, 15) is 0 Å². The summed E-state index contributed by atoms with van der Waals surface area (Å²) in [5.74, 6) is 0.517. The van der Waals surface area contributed by atoms with Gasteiger partial charge in [0.2, 0.25) is 0 Å². The Morgan fingerprint density at radius 3 is 3.27 bits per heavy atom. The first kappa shape index (κ1) is 10.6. The summed E-state index contributed by atoms with van der Waals surface area (Å²) < 4.78 is 5.51. The molecule has 0 aliphatic carbocycles. The van der Waals surface area contributed by atoms with Gasteiger partial charge in [-0.05, 0) is 19.4 Å². The fourth-order valence-corrected chi connectivity index (χ4v) is 2.12. The SMILES string of the molecule is CCNC(c1cn[nH]n1)C1CCCOC1. The van der Waals surface area contributed by atoms with Gasteiger partial charge in [0.25, 0.3) is 0 Å². The van der Waals surface area contributed by atoms with Crippen molar-refractivity contribution in [2.24, 2.45) is 5.92 Å². The predicted octanol–water partition coefficient (Wildman–Crippen LogP) is 0.882. The maximum absolute atomic E-state index is 5.51. The number of rotatable bonds is 4. The monoisotopic (exact) mass is 210 g/mol. The van der Waals surface area contributed by atoms with Crippen molar-refractivity contribution in [3.8, 4) is 0 Å². The molecule has 0 amide bonds. The summed E-state index contributed by atoms with van der Waals surface area (Å²) in [6, 6.07) is 0.272. The van der Waals surface area contributed by atoms with E-state index in [1.807, 2.05) is 0 Å². The first-order valence-corrected chi connectivity index (χ1v) is 5.58. The summed E-state index contributed by atoms with van der Waals surface area (Å²) in [7, 11) is 0. The van der Waals surface area contributed by atoms with Gasteiger partial charge in [-0.3, -0.25) is 0 Å². The Kier molecular flexibility index (Phi) is 3.69. The van der Waals surface area contributed by atoms with Crippen molar-refractivity contribution in [2.45, 2.75) is 25.8 Å². The largest absolute Gasteiger partial charge is 0.381 e. The number of ether oxygens (including phenoxy) is 1. The number of H-pyrrole nitrogens is 1. The molecule has 0 saturated carbocycles. The Labute approximate surface area is 89.6 Å². The van der Waals surface area contributed by atoms with Gasteiger partial charge in [0, 0.05) is 12.5 Å². The maximum atomic E-state index is 5.51. The van der Waals surface area contributed by atoms with Gasteiger partial charge < -0.3 is 10.1 Å². The van der Waals surface area contributed by atoms with Gasteiger partial charge in [-0.25, -0.2) is 0 Å². The fraction of sp³-hybridized carbons (Fsp3) is 0.800.